The molecule has 2 nitrogen and oxygen atoms in total. The summed E-state index contributed by atoms with van der Waals surface area (Å²) in [5, 5.41) is 0.0724. The van der Waals surface area contributed by atoms with Crippen molar-refractivity contribution in [1.29, 1.82) is 0 Å². The van der Waals surface area contributed by atoms with E-state index in [1.54, 1.807) is 37.4 Å². The third-order valence-corrected chi connectivity index (χ3v) is 2.87. The Kier molecular flexibility index (Phi) is 3.29. The van der Waals surface area contributed by atoms with Gasteiger partial charge in [0.1, 0.15) is 5.82 Å². The number of aromatic nitrogens is 1. The van der Waals surface area contributed by atoms with Gasteiger partial charge < -0.3 is 4.57 Å². The summed E-state index contributed by atoms with van der Waals surface area (Å²) < 4.78 is 15.1. The molecule has 0 aliphatic carbocycles. The number of pyridine rings is 1. The second-order valence-corrected chi connectivity index (χ2v) is 4.24. The molecule has 0 unspecified atom stereocenters. The van der Waals surface area contributed by atoms with Gasteiger partial charge in [0, 0.05) is 17.3 Å². The first kappa shape index (κ1) is 11.9. The Bertz CT molecular complexity index is 607. The molecule has 0 amide bonds. The van der Waals surface area contributed by atoms with E-state index in [9.17, 15) is 9.18 Å². The average molecular weight is 252 g/mol. The summed E-state index contributed by atoms with van der Waals surface area (Å²) in [7, 11) is 0. The Morgan fingerprint density at radius 1 is 1.29 bits per heavy atom. The summed E-state index contributed by atoms with van der Waals surface area (Å²) in [4.78, 5) is 11.8. The van der Waals surface area contributed by atoms with E-state index >= 15 is 0 Å². The lowest BCUT2D eigenvalue weighted by Gasteiger charge is -2.08. The van der Waals surface area contributed by atoms with Crippen molar-refractivity contribution in [2.75, 3.05) is 0 Å². The van der Waals surface area contributed by atoms with Gasteiger partial charge in [0.25, 0.3) is 5.56 Å². The standard InChI is InChI=1S/C13H11ClFNO/c1-9-4-3-7-16(13(9)17)8-10-5-2-6-11(14)12(10)15/h2-7H,8H2,1H3. The molecule has 0 spiro atoms. The van der Waals surface area contributed by atoms with E-state index in [1.165, 1.54) is 10.6 Å². The Balaban J connectivity index is 2.42. The van der Waals surface area contributed by atoms with Crippen LogP contribution in [0.4, 0.5) is 4.39 Å². The molecule has 0 saturated carbocycles. The minimum atomic E-state index is -0.470. The lowest BCUT2D eigenvalue weighted by molar-refractivity contribution is 0.596. The van der Waals surface area contributed by atoms with Crippen LogP contribution in [0, 0.1) is 12.7 Å². The molecule has 1 heterocycles. The third kappa shape index (κ3) is 2.39. The van der Waals surface area contributed by atoms with Crippen LogP contribution in [0.15, 0.2) is 41.3 Å². The predicted molar refractivity (Wildman–Crippen MR) is 66.0 cm³/mol. The zero-order valence-electron chi connectivity index (χ0n) is 9.28. The largest absolute Gasteiger partial charge is 0.311 e. The van der Waals surface area contributed by atoms with E-state index in [0.29, 0.717) is 11.1 Å². The highest BCUT2D eigenvalue weighted by molar-refractivity contribution is 6.30. The Morgan fingerprint density at radius 2 is 2.06 bits per heavy atom. The van der Waals surface area contributed by atoms with Crippen LogP contribution >= 0.6 is 11.6 Å². The van der Waals surface area contributed by atoms with Gasteiger partial charge in [-0.3, -0.25) is 4.79 Å². The Labute approximate surface area is 103 Å². The Morgan fingerprint density at radius 3 is 2.82 bits per heavy atom. The molecule has 1 aromatic carbocycles. The molecule has 0 fully saturated rings. The van der Waals surface area contributed by atoms with Gasteiger partial charge in [0.2, 0.25) is 0 Å². The fraction of sp³-hybridized carbons (Fsp3) is 0.154. The monoisotopic (exact) mass is 251 g/mol. The van der Waals surface area contributed by atoms with Crippen LogP contribution in [-0.2, 0) is 6.54 Å². The van der Waals surface area contributed by atoms with Gasteiger partial charge in [-0.25, -0.2) is 4.39 Å². The molecular formula is C13H11ClFNO. The normalized spacial score (nSPS) is 10.5. The van der Waals surface area contributed by atoms with Crippen molar-refractivity contribution in [3.05, 3.63) is 68.8 Å². The lowest BCUT2D eigenvalue weighted by atomic mass is 10.2. The van der Waals surface area contributed by atoms with Gasteiger partial charge in [-0.2, -0.15) is 0 Å². The average Bonchev–Trinajstić information content (AvgIpc) is 2.31. The van der Waals surface area contributed by atoms with Crippen molar-refractivity contribution in [2.24, 2.45) is 0 Å². The Hall–Kier alpha value is -1.61. The van der Waals surface area contributed by atoms with E-state index < -0.39 is 5.82 Å². The van der Waals surface area contributed by atoms with Crippen LogP contribution in [0.5, 0.6) is 0 Å². The van der Waals surface area contributed by atoms with E-state index in [0.717, 1.165) is 0 Å². The molecule has 88 valence electrons. The number of aryl methyl sites for hydroxylation is 1. The van der Waals surface area contributed by atoms with Gasteiger partial charge in [0.15, 0.2) is 0 Å². The van der Waals surface area contributed by atoms with Crippen molar-refractivity contribution in [1.82, 2.24) is 4.57 Å². The zero-order chi connectivity index (χ0) is 12.4. The molecule has 1 aromatic heterocycles. The van der Waals surface area contributed by atoms with E-state index in [-0.39, 0.29) is 17.1 Å². The van der Waals surface area contributed by atoms with Crippen LogP contribution < -0.4 is 5.56 Å². The number of rotatable bonds is 2. The minimum absolute atomic E-state index is 0.0724. The first-order chi connectivity index (χ1) is 8.09. The topological polar surface area (TPSA) is 22.0 Å². The summed E-state index contributed by atoms with van der Waals surface area (Å²) in [5.41, 5.74) is 0.923. The number of halogens is 2. The molecular weight excluding hydrogens is 241 g/mol. The first-order valence-electron chi connectivity index (χ1n) is 5.18. The maximum absolute atomic E-state index is 13.7. The van der Waals surface area contributed by atoms with Gasteiger partial charge in [-0.05, 0) is 19.1 Å². The molecule has 0 atom stereocenters. The molecule has 0 aliphatic heterocycles. The SMILES string of the molecule is Cc1cccn(Cc2cccc(Cl)c2F)c1=O. The summed E-state index contributed by atoms with van der Waals surface area (Å²) in [6.07, 6.45) is 1.63. The maximum atomic E-state index is 13.7. The van der Waals surface area contributed by atoms with Gasteiger partial charge in [-0.15, -0.1) is 0 Å². The summed E-state index contributed by atoms with van der Waals surface area (Å²) >= 11 is 5.69. The van der Waals surface area contributed by atoms with E-state index in [1.807, 2.05) is 0 Å². The fourth-order valence-corrected chi connectivity index (χ4v) is 1.83. The molecule has 0 saturated heterocycles. The fourth-order valence-electron chi connectivity index (χ4n) is 1.64. The van der Waals surface area contributed by atoms with Gasteiger partial charge >= 0.3 is 0 Å². The summed E-state index contributed by atoms with van der Waals surface area (Å²) in [6, 6.07) is 8.27. The minimum Gasteiger partial charge on any atom is -0.311 e. The number of nitrogens with zero attached hydrogens (tertiary/aromatic N) is 1. The number of benzene rings is 1. The lowest BCUT2D eigenvalue weighted by Crippen LogP contribution is -2.22. The highest BCUT2D eigenvalue weighted by Gasteiger charge is 2.07. The smallest absolute Gasteiger partial charge is 0.253 e. The molecule has 0 radical (unpaired) electrons. The van der Waals surface area contributed by atoms with Crippen molar-refractivity contribution < 1.29 is 4.39 Å². The van der Waals surface area contributed by atoms with Crippen LogP contribution in [0.25, 0.3) is 0 Å². The quantitative estimate of drug-likeness (QED) is 0.804. The molecule has 2 rings (SSSR count). The second kappa shape index (κ2) is 4.72. The van der Waals surface area contributed by atoms with Gasteiger partial charge in [0.05, 0.1) is 11.6 Å². The zero-order valence-corrected chi connectivity index (χ0v) is 10.0. The third-order valence-electron chi connectivity index (χ3n) is 2.58. The van der Waals surface area contributed by atoms with E-state index in [2.05, 4.69) is 0 Å². The van der Waals surface area contributed by atoms with E-state index in [4.69, 9.17) is 11.6 Å². The maximum Gasteiger partial charge on any atom is 0.253 e. The van der Waals surface area contributed by atoms with Crippen LogP contribution in [0.2, 0.25) is 5.02 Å². The summed E-state index contributed by atoms with van der Waals surface area (Å²) in [5.74, 6) is -0.470. The molecule has 4 heteroatoms. The summed E-state index contributed by atoms with van der Waals surface area (Å²) in [6.45, 7) is 1.92. The van der Waals surface area contributed by atoms with Crippen molar-refractivity contribution in [3.63, 3.8) is 0 Å². The first-order valence-corrected chi connectivity index (χ1v) is 5.56. The van der Waals surface area contributed by atoms with Crippen molar-refractivity contribution in [2.45, 2.75) is 13.5 Å². The molecule has 2 aromatic rings. The van der Waals surface area contributed by atoms with Crippen LogP contribution in [0.3, 0.4) is 0 Å². The second-order valence-electron chi connectivity index (χ2n) is 3.84. The highest BCUT2D eigenvalue weighted by atomic mass is 35.5. The van der Waals surface area contributed by atoms with Crippen LogP contribution in [-0.4, -0.2) is 4.57 Å². The number of hydrogen-bond donors (Lipinski definition) is 0. The van der Waals surface area contributed by atoms with Crippen LogP contribution in [0.1, 0.15) is 11.1 Å². The molecule has 0 aliphatic rings. The molecule has 0 N–H and O–H groups in total. The van der Waals surface area contributed by atoms with Crippen molar-refractivity contribution in [3.8, 4) is 0 Å². The highest BCUT2D eigenvalue weighted by Crippen LogP contribution is 2.18. The molecule has 17 heavy (non-hydrogen) atoms. The number of hydrogen-bond acceptors (Lipinski definition) is 1. The predicted octanol–water partition coefficient (Wildman–Crippen LogP) is 3.00. The molecule has 0 bridgehead atoms. The van der Waals surface area contributed by atoms with Gasteiger partial charge in [-0.1, -0.05) is 29.8 Å². The van der Waals surface area contributed by atoms with Crippen molar-refractivity contribution >= 4 is 11.6 Å².